The maximum atomic E-state index is 11.9. The normalized spacial score (nSPS) is 14.8. The number of carbonyl (C=O) groups is 1. The molecular weight excluding hydrogens is 284 g/mol. The molecule has 1 aromatic heterocycles. The van der Waals surface area contributed by atoms with Crippen LogP contribution in [0.5, 0.6) is 0 Å². The van der Waals surface area contributed by atoms with E-state index in [1.165, 1.54) is 12.1 Å². The van der Waals surface area contributed by atoms with E-state index >= 15 is 0 Å². The molecule has 1 fully saturated rings. The summed E-state index contributed by atoms with van der Waals surface area (Å²) >= 11 is 0. The standard InChI is InChI=1S/C16H16N2O4/c17-16(20)12-3-1-11(2-4-12)14-9-13(19)10-15(22-14)18-5-7-21-8-6-18/h1-4,9-10H,5-8H2,(H2,17,20). The van der Waals surface area contributed by atoms with Crippen LogP contribution in [0.25, 0.3) is 11.3 Å². The lowest BCUT2D eigenvalue weighted by atomic mass is 10.1. The Hall–Kier alpha value is -2.60. The van der Waals surface area contributed by atoms with Gasteiger partial charge in [-0.05, 0) is 12.1 Å². The highest BCUT2D eigenvalue weighted by Crippen LogP contribution is 2.24. The summed E-state index contributed by atoms with van der Waals surface area (Å²) in [7, 11) is 0. The third kappa shape index (κ3) is 3.01. The molecule has 0 atom stereocenters. The van der Waals surface area contributed by atoms with Crippen molar-refractivity contribution >= 4 is 11.8 Å². The number of carbonyl (C=O) groups excluding carboxylic acids is 1. The van der Waals surface area contributed by atoms with Crippen molar-refractivity contribution in [2.75, 3.05) is 31.2 Å². The van der Waals surface area contributed by atoms with Crippen LogP contribution in [-0.2, 0) is 4.74 Å². The van der Waals surface area contributed by atoms with Gasteiger partial charge in [-0.3, -0.25) is 9.59 Å². The number of primary amides is 1. The van der Waals surface area contributed by atoms with Crippen LogP contribution in [0.3, 0.4) is 0 Å². The summed E-state index contributed by atoms with van der Waals surface area (Å²) in [5, 5.41) is 0. The second-order valence-electron chi connectivity index (χ2n) is 5.04. The number of hydrogen-bond donors (Lipinski definition) is 1. The van der Waals surface area contributed by atoms with Gasteiger partial charge < -0.3 is 19.8 Å². The van der Waals surface area contributed by atoms with E-state index in [0.717, 1.165) is 5.56 Å². The molecule has 2 heterocycles. The molecule has 0 radical (unpaired) electrons. The first-order valence-corrected chi connectivity index (χ1v) is 7.01. The van der Waals surface area contributed by atoms with Crippen LogP contribution in [0.1, 0.15) is 10.4 Å². The van der Waals surface area contributed by atoms with E-state index in [9.17, 15) is 9.59 Å². The average molecular weight is 300 g/mol. The molecule has 22 heavy (non-hydrogen) atoms. The molecule has 0 aliphatic carbocycles. The minimum Gasteiger partial charge on any atom is -0.440 e. The average Bonchev–Trinajstić information content (AvgIpc) is 2.55. The first kappa shape index (κ1) is 14.3. The van der Waals surface area contributed by atoms with Gasteiger partial charge in [0, 0.05) is 36.3 Å². The third-order valence-electron chi connectivity index (χ3n) is 3.53. The zero-order valence-corrected chi connectivity index (χ0v) is 12.0. The fraction of sp³-hybridized carbons (Fsp3) is 0.250. The second-order valence-corrected chi connectivity index (χ2v) is 5.04. The summed E-state index contributed by atoms with van der Waals surface area (Å²) in [4.78, 5) is 25.0. The van der Waals surface area contributed by atoms with Gasteiger partial charge >= 0.3 is 0 Å². The Kier molecular flexibility index (Phi) is 3.93. The molecule has 1 aromatic carbocycles. The van der Waals surface area contributed by atoms with Crippen molar-refractivity contribution in [2.45, 2.75) is 0 Å². The van der Waals surface area contributed by atoms with E-state index in [1.54, 1.807) is 24.3 Å². The largest absolute Gasteiger partial charge is 0.440 e. The van der Waals surface area contributed by atoms with Crippen LogP contribution >= 0.6 is 0 Å². The lowest BCUT2D eigenvalue weighted by Crippen LogP contribution is -2.36. The quantitative estimate of drug-likeness (QED) is 0.921. The predicted molar refractivity (Wildman–Crippen MR) is 82.0 cm³/mol. The Balaban J connectivity index is 1.94. The lowest BCUT2D eigenvalue weighted by molar-refractivity contribution is 0.100. The highest BCUT2D eigenvalue weighted by atomic mass is 16.5. The number of amides is 1. The number of nitrogens with zero attached hydrogens (tertiary/aromatic N) is 1. The number of benzene rings is 1. The zero-order valence-electron chi connectivity index (χ0n) is 12.0. The molecule has 0 spiro atoms. The first-order chi connectivity index (χ1) is 10.6. The fourth-order valence-electron chi connectivity index (χ4n) is 2.34. The van der Waals surface area contributed by atoms with Crippen LogP contribution in [0.15, 0.2) is 45.6 Å². The molecule has 0 unspecified atom stereocenters. The number of nitrogens with two attached hydrogens (primary N) is 1. The topological polar surface area (TPSA) is 85.8 Å². The summed E-state index contributed by atoms with van der Waals surface area (Å²) in [6.45, 7) is 2.60. The molecule has 1 aliphatic heterocycles. The Morgan fingerprint density at radius 1 is 1.09 bits per heavy atom. The monoisotopic (exact) mass is 300 g/mol. The van der Waals surface area contributed by atoms with E-state index in [0.29, 0.717) is 43.5 Å². The molecule has 6 heteroatoms. The number of rotatable bonds is 3. The Morgan fingerprint density at radius 2 is 1.77 bits per heavy atom. The second kappa shape index (κ2) is 6.03. The maximum Gasteiger partial charge on any atom is 0.248 e. The van der Waals surface area contributed by atoms with Crippen LogP contribution in [-0.4, -0.2) is 32.2 Å². The molecule has 2 N–H and O–H groups in total. The Bertz CT molecular complexity index is 731. The number of ether oxygens (including phenoxy) is 1. The van der Waals surface area contributed by atoms with Crippen molar-refractivity contribution < 1.29 is 13.9 Å². The van der Waals surface area contributed by atoms with Crippen LogP contribution in [0.2, 0.25) is 0 Å². The highest BCUT2D eigenvalue weighted by molar-refractivity contribution is 5.93. The molecular formula is C16H16N2O4. The van der Waals surface area contributed by atoms with Gasteiger partial charge in [-0.15, -0.1) is 0 Å². The molecule has 114 valence electrons. The van der Waals surface area contributed by atoms with E-state index in [2.05, 4.69) is 0 Å². The third-order valence-corrected chi connectivity index (χ3v) is 3.53. The molecule has 1 saturated heterocycles. The van der Waals surface area contributed by atoms with Crippen LogP contribution < -0.4 is 16.1 Å². The van der Waals surface area contributed by atoms with Crippen LogP contribution in [0.4, 0.5) is 5.88 Å². The zero-order chi connectivity index (χ0) is 15.5. The van der Waals surface area contributed by atoms with E-state index < -0.39 is 5.91 Å². The SMILES string of the molecule is NC(=O)c1ccc(-c2cc(=O)cc(N3CCOCC3)o2)cc1. The van der Waals surface area contributed by atoms with Crippen molar-refractivity contribution in [2.24, 2.45) is 5.73 Å². The van der Waals surface area contributed by atoms with Crippen molar-refractivity contribution in [1.29, 1.82) is 0 Å². The highest BCUT2D eigenvalue weighted by Gasteiger charge is 2.15. The first-order valence-electron chi connectivity index (χ1n) is 7.01. The smallest absolute Gasteiger partial charge is 0.248 e. The molecule has 0 bridgehead atoms. The van der Waals surface area contributed by atoms with Crippen molar-refractivity contribution in [1.82, 2.24) is 0 Å². The summed E-state index contributed by atoms with van der Waals surface area (Å²) < 4.78 is 11.1. The van der Waals surface area contributed by atoms with Gasteiger partial charge in [-0.1, -0.05) is 12.1 Å². The van der Waals surface area contributed by atoms with Gasteiger partial charge in [0.2, 0.25) is 5.91 Å². The van der Waals surface area contributed by atoms with E-state index in [1.807, 2.05) is 4.90 Å². The molecule has 1 amide bonds. The summed E-state index contributed by atoms with van der Waals surface area (Å²) in [5.41, 5.74) is 6.23. The predicted octanol–water partition coefficient (Wildman–Crippen LogP) is 1.24. The summed E-state index contributed by atoms with van der Waals surface area (Å²) in [6, 6.07) is 9.55. The van der Waals surface area contributed by atoms with Crippen molar-refractivity contribution in [3.05, 3.63) is 52.2 Å². The minimum absolute atomic E-state index is 0.123. The van der Waals surface area contributed by atoms with Gasteiger partial charge in [-0.25, -0.2) is 0 Å². The maximum absolute atomic E-state index is 11.9. The Labute approximate surface area is 127 Å². The van der Waals surface area contributed by atoms with E-state index in [-0.39, 0.29) is 5.43 Å². The number of anilines is 1. The fourth-order valence-corrected chi connectivity index (χ4v) is 2.34. The molecule has 2 aromatic rings. The van der Waals surface area contributed by atoms with Gasteiger partial charge in [0.25, 0.3) is 0 Å². The molecule has 0 saturated carbocycles. The van der Waals surface area contributed by atoms with Gasteiger partial charge in [-0.2, -0.15) is 0 Å². The van der Waals surface area contributed by atoms with Crippen molar-refractivity contribution in [3.63, 3.8) is 0 Å². The van der Waals surface area contributed by atoms with Gasteiger partial charge in [0.15, 0.2) is 11.3 Å². The Morgan fingerprint density at radius 3 is 2.41 bits per heavy atom. The molecule has 6 nitrogen and oxygen atoms in total. The summed E-state index contributed by atoms with van der Waals surface area (Å²) in [6.07, 6.45) is 0. The number of morpholine rings is 1. The van der Waals surface area contributed by atoms with Gasteiger partial charge in [0.1, 0.15) is 5.76 Å². The lowest BCUT2D eigenvalue weighted by Gasteiger charge is -2.27. The van der Waals surface area contributed by atoms with Gasteiger partial charge in [0.05, 0.1) is 13.2 Å². The van der Waals surface area contributed by atoms with Crippen molar-refractivity contribution in [3.8, 4) is 11.3 Å². The molecule has 3 rings (SSSR count). The summed E-state index contributed by atoms with van der Waals surface area (Å²) in [5.74, 6) is 0.505. The molecule has 1 aliphatic rings. The van der Waals surface area contributed by atoms with E-state index in [4.69, 9.17) is 14.9 Å². The minimum atomic E-state index is -0.491. The number of hydrogen-bond acceptors (Lipinski definition) is 5. The van der Waals surface area contributed by atoms with Crippen LogP contribution in [0, 0.1) is 0 Å².